The second-order valence-corrected chi connectivity index (χ2v) is 11.3. The van der Waals surface area contributed by atoms with Crippen LogP contribution in [0.1, 0.15) is 18.1 Å². The van der Waals surface area contributed by atoms with Crippen LogP contribution < -0.4 is 14.4 Å². The van der Waals surface area contributed by atoms with Gasteiger partial charge >= 0.3 is 0 Å². The number of ether oxygens (including phenoxy) is 1. The van der Waals surface area contributed by atoms with E-state index in [1.165, 1.54) is 43.3 Å². The van der Waals surface area contributed by atoms with Crippen LogP contribution in [0.25, 0.3) is 0 Å². The summed E-state index contributed by atoms with van der Waals surface area (Å²) < 4.78 is 34.2. The number of halogens is 2. The van der Waals surface area contributed by atoms with E-state index < -0.39 is 34.4 Å². The number of benzene rings is 3. The number of aryl methyl sites for hydroxylation is 1. The lowest BCUT2D eigenvalue weighted by molar-refractivity contribution is -0.139. The molecule has 3 aromatic rings. The molecule has 1 N–H and O–H groups in total. The van der Waals surface area contributed by atoms with Crippen molar-refractivity contribution in [3.63, 3.8) is 0 Å². The summed E-state index contributed by atoms with van der Waals surface area (Å²) in [6, 6.07) is 16.8. The Bertz CT molecular complexity index is 1410. The molecule has 0 heterocycles. The van der Waals surface area contributed by atoms with E-state index in [9.17, 15) is 18.0 Å². The number of nitrogens with one attached hydrogen (secondary N) is 1. The molecule has 0 aliphatic heterocycles. The maximum atomic E-state index is 13.9. The van der Waals surface area contributed by atoms with Gasteiger partial charge in [-0.2, -0.15) is 0 Å². The van der Waals surface area contributed by atoms with Gasteiger partial charge in [0.05, 0.1) is 17.7 Å². The minimum absolute atomic E-state index is 0.0157. The number of nitrogens with zero attached hydrogens (tertiary/aromatic N) is 2. The molecule has 0 spiro atoms. The summed E-state index contributed by atoms with van der Waals surface area (Å²) in [6.45, 7) is 2.76. The smallest absolute Gasteiger partial charge is 0.264 e. The van der Waals surface area contributed by atoms with Crippen LogP contribution in [-0.2, 0) is 26.2 Å². The summed E-state index contributed by atoms with van der Waals surface area (Å²) in [4.78, 5) is 27.7. The number of methoxy groups -OCH3 is 1. The highest BCUT2D eigenvalue weighted by Gasteiger charge is 2.34. The number of rotatable bonds is 10. The third kappa shape index (κ3) is 6.59. The van der Waals surface area contributed by atoms with Crippen molar-refractivity contribution >= 4 is 50.7 Å². The molecule has 3 aromatic carbocycles. The molecule has 11 heteroatoms. The number of anilines is 1. The first-order valence-electron chi connectivity index (χ1n) is 11.7. The molecular formula is C27H29Cl2N3O5S. The predicted molar refractivity (Wildman–Crippen MR) is 149 cm³/mol. The minimum atomic E-state index is -4.26. The molecule has 2 amide bonds. The van der Waals surface area contributed by atoms with Crippen LogP contribution in [0.4, 0.5) is 5.69 Å². The number of carbonyl (C=O) groups is 2. The molecular weight excluding hydrogens is 549 g/mol. The first kappa shape index (κ1) is 29.3. The van der Waals surface area contributed by atoms with Gasteiger partial charge < -0.3 is 15.0 Å². The van der Waals surface area contributed by atoms with Crippen molar-refractivity contribution in [1.82, 2.24) is 10.2 Å². The van der Waals surface area contributed by atoms with Crippen LogP contribution in [0.2, 0.25) is 10.0 Å². The maximum Gasteiger partial charge on any atom is 0.264 e. The summed E-state index contributed by atoms with van der Waals surface area (Å²) in [5.41, 5.74) is 1.56. The van der Waals surface area contributed by atoms with Crippen LogP contribution in [0.3, 0.4) is 0 Å². The third-order valence-corrected chi connectivity index (χ3v) is 8.39. The topological polar surface area (TPSA) is 96.0 Å². The van der Waals surface area contributed by atoms with E-state index in [0.717, 1.165) is 9.87 Å². The molecule has 0 aliphatic rings. The van der Waals surface area contributed by atoms with Gasteiger partial charge in [0.2, 0.25) is 11.8 Å². The van der Waals surface area contributed by atoms with Crippen LogP contribution in [0, 0.1) is 6.92 Å². The summed E-state index contributed by atoms with van der Waals surface area (Å²) in [5.74, 6) is -0.840. The first-order valence-corrected chi connectivity index (χ1v) is 13.9. The number of sulfonamides is 1. The Morgan fingerprint density at radius 2 is 1.68 bits per heavy atom. The van der Waals surface area contributed by atoms with Gasteiger partial charge in [0.15, 0.2) is 0 Å². The summed E-state index contributed by atoms with van der Waals surface area (Å²) in [5, 5.41) is 3.20. The van der Waals surface area contributed by atoms with E-state index in [0.29, 0.717) is 10.6 Å². The van der Waals surface area contributed by atoms with Crippen LogP contribution in [0.5, 0.6) is 5.75 Å². The zero-order valence-corrected chi connectivity index (χ0v) is 23.8. The lowest BCUT2D eigenvalue weighted by Crippen LogP contribution is -2.50. The van der Waals surface area contributed by atoms with E-state index in [1.807, 2.05) is 6.92 Å². The highest BCUT2D eigenvalue weighted by atomic mass is 35.5. The normalized spacial score (nSPS) is 11.9. The predicted octanol–water partition coefficient (Wildman–Crippen LogP) is 4.67. The second kappa shape index (κ2) is 12.5. The lowest BCUT2D eigenvalue weighted by Gasteiger charge is -2.32. The highest BCUT2D eigenvalue weighted by Crippen LogP contribution is 2.35. The fourth-order valence-electron chi connectivity index (χ4n) is 3.81. The monoisotopic (exact) mass is 577 g/mol. The van der Waals surface area contributed by atoms with Gasteiger partial charge in [-0.3, -0.25) is 13.9 Å². The highest BCUT2D eigenvalue weighted by molar-refractivity contribution is 7.92. The van der Waals surface area contributed by atoms with Crippen molar-refractivity contribution in [3.8, 4) is 5.75 Å². The van der Waals surface area contributed by atoms with E-state index in [4.69, 9.17) is 27.9 Å². The Labute approximate surface area is 233 Å². The SMILES string of the molecule is CNC(=O)[C@@H](C)N(Cc1ccccc1Cl)C(=O)CN(c1cc(Cl)ccc1OC)S(=O)(=O)c1ccc(C)cc1. The van der Waals surface area contributed by atoms with Gasteiger partial charge in [-0.25, -0.2) is 8.42 Å². The molecule has 0 radical (unpaired) electrons. The quantitative estimate of drug-likeness (QED) is 0.378. The number of carbonyl (C=O) groups excluding carboxylic acids is 2. The second-order valence-electron chi connectivity index (χ2n) is 8.54. The van der Waals surface area contributed by atoms with Gasteiger partial charge in [0.25, 0.3) is 10.0 Å². The summed E-state index contributed by atoms with van der Waals surface area (Å²) in [7, 11) is -1.41. The standard InChI is InChI=1S/C27H29Cl2N3O5S/c1-18-9-12-22(13-10-18)38(35,36)32(24-15-21(28)11-14-25(24)37-4)17-26(33)31(19(2)27(34)30-3)16-20-7-5-6-8-23(20)29/h5-15,19H,16-17H2,1-4H3,(H,30,34)/t19-/m1/s1. The number of hydrogen-bond donors (Lipinski definition) is 1. The van der Waals surface area contributed by atoms with Crippen LogP contribution in [0.15, 0.2) is 71.6 Å². The van der Waals surface area contributed by atoms with Crippen molar-refractivity contribution in [2.24, 2.45) is 0 Å². The minimum Gasteiger partial charge on any atom is -0.495 e. The van der Waals surface area contributed by atoms with Crippen LogP contribution in [-0.4, -0.2) is 51.9 Å². The summed E-state index contributed by atoms with van der Waals surface area (Å²) in [6.07, 6.45) is 0. The van der Waals surface area contributed by atoms with Crippen molar-refractivity contribution in [2.75, 3.05) is 25.0 Å². The zero-order chi connectivity index (χ0) is 28.0. The Hall–Kier alpha value is -3.27. The molecule has 0 saturated heterocycles. The molecule has 202 valence electrons. The van der Waals surface area contributed by atoms with Crippen molar-refractivity contribution in [2.45, 2.75) is 31.3 Å². The number of amides is 2. The Balaban J connectivity index is 2.12. The Morgan fingerprint density at radius 3 is 2.29 bits per heavy atom. The maximum absolute atomic E-state index is 13.9. The van der Waals surface area contributed by atoms with E-state index >= 15 is 0 Å². The largest absolute Gasteiger partial charge is 0.495 e. The molecule has 0 fully saturated rings. The zero-order valence-electron chi connectivity index (χ0n) is 21.4. The van der Waals surface area contributed by atoms with Gasteiger partial charge in [0, 0.05) is 23.6 Å². The van der Waals surface area contributed by atoms with E-state index in [1.54, 1.807) is 49.4 Å². The average Bonchev–Trinajstić information content (AvgIpc) is 2.90. The van der Waals surface area contributed by atoms with Gasteiger partial charge in [0.1, 0.15) is 18.3 Å². The van der Waals surface area contributed by atoms with Crippen LogP contribution >= 0.6 is 23.2 Å². The van der Waals surface area contributed by atoms with Gasteiger partial charge in [-0.1, -0.05) is 59.1 Å². The fraction of sp³-hybridized carbons (Fsp3) is 0.259. The Morgan fingerprint density at radius 1 is 1.03 bits per heavy atom. The van der Waals surface area contributed by atoms with E-state index in [-0.39, 0.29) is 27.9 Å². The molecule has 8 nitrogen and oxygen atoms in total. The van der Waals surface area contributed by atoms with Gasteiger partial charge in [-0.05, 0) is 55.8 Å². The average molecular weight is 579 g/mol. The molecule has 3 rings (SSSR count). The third-order valence-electron chi connectivity index (χ3n) is 6.01. The Kier molecular flexibility index (Phi) is 9.65. The van der Waals surface area contributed by atoms with Crippen molar-refractivity contribution < 1.29 is 22.7 Å². The van der Waals surface area contributed by atoms with Gasteiger partial charge in [-0.15, -0.1) is 0 Å². The first-order chi connectivity index (χ1) is 18.0. The summed E-state index contributed by atoms with van der Waals surface area (Å²) >= 11 is 12.6. The van der Waals surface area contributed by atoms with E-state index in [2.05, 4.69) is 5.32 Å². The fourth-order valence-corrected chi connectivity index (χ4v) is 5.59. The molecule has 0 saturated carbocycles. The van der Waals surface area contributed by atoms with Crippen molar-refractivity contribution in [3.05, 3.63) is 87.9 Å². The molecule has 38 heavy (non-hydrogen) atoms. The molecule has 0 aliphatic carbocycles. The van der Waals surface area contributed by atoms with Crippen molar-refractivity contribution in [1.29, 1.82) is 0 Å². The lowest BCUT2D eigenvalue weighted by atomic mass is 10.1. The molecule has 0 aromatic heterocycles. The molecule has 1 atom stereocenters. The molecule has 0 bridgehead atoms. The number of likely N-dealkylation sites (N-methyl/N-ethyl adjacent to an activating group) is 1. The number of hydrogen-bond acceptors (Lipinski definition) is 5. The molecule has 0 unspecified atom stereocenters.